The minimum absolute atomic E-state index is 0.0962. The summed E-state index contributed by atoms with van der Waals surface area (Å²) in [6.07, 6.45) is 3.78. The zero-order valence-corrected chi connectivity index (χ0v) is 11.1. The van der Waals surface area contributed by atoms with Crippen molar-refractivity contribution in [3.05, 3.63) is 11.6 Å². The van der Waals surface area contributed by atoms with Crippen LogP contribution in [0.1, 0.15) is 19.8 Å². The van der Waals surface area contributed by atoms with Crippen molar-refractivity contribution in [2.24, 2.45) is 5.92 Å². The number of hydrogen-bond donors (Lipinski definition) is 1. The number of thiazole rings is 1. The van der Waals surface area contributed by atoms with E-state index >= 15 is 0 Å². The van der Waals surface area contributed by atoms with E-state index < -0.39 is 5.54 Å². The van der Waals surface area contributed by atoms with Crippen LogP contribution in [0.5, 0.6) is 0 Å². The Labute approximate surface area is 108 Å². The zero-order chi connectivity index (χ0) is 12.3. The molecule has 1 heterocycles. The van der Waals surface area contributed by atoms with Gasteiger partial charge in [0, 0.05) is 11.6 Å². The molecule has 1 saturated carbocycles. The highest BCUT2D eigenvalue weighted by Gasteiger charge is 2.42. The standard InChI is InChI=1S/C11H13N3OS2/c1-11(7-12,8-2-3-8)14-9(15)6-17-10-13-4-5-16-10/h4-5,8H,2-3,6H2,1H3,(H,14,15). The van der Waals surface area contributed by atoms with Gasteiger partial charge in [0.15, 0.2) is 0 Å². The molecule has 17 heavy (non-hydrogen) atoms. The molecule has 0 bridgehead atoms. The lowest BCUT2D eigenvalue weighted by molar-refractivity contribution is -0.119. The van der Waals surface area contributed by atoms with Gasteiger partial charge >= 0.3 is 0 Å². The third kappa shape index (κ3) is 3.20. The molecule has 1 aromatic heterocycles. The van der Waals surface area contributed by atoms with Crippen LogP contribution in [0, 0.1) is 17.2 Å². The van der Waals surface area contributed by atoms with E-state index in [-0.39, 0.29) is 5.91 Å². The number of rotatable bonds is 5. The van der Waals surface area contributed by atoms with Gasteiger partial charge in [-0.2, -0.15) is 5.26 Å². The summed E-state index contributed by atoms with van der Waals surface area (Å²) in [5, 5.41) is 13.8. The van der Waals surface area contributed by atoms with Gasteiger partial charge in [-0.15, -0.1) is 11.3 Å². The molecular weight excluding hydrogens is 254 g/mol. The molecule has 1 N–H and O–H groups in total. The first-order valence-corrected chi connectivity index (χ1v) is 7.25. The Morgan fingerprint density at radius 3 is 3.12 bits per heavy atom. The highest BCUT2D eigenvalue weighted by molar-refractivity contribution is 8.01. The Hall–Kier alpha value is -1.06. The SMILES string of the molecule is CC(C#N)(NC(=O)CSc1nccs1)C1CC1. The zero-order valence-electron chi connectivity index (χ0n) is 9.47. The van der Waals surface area contributed by atoms with E-state index in [9.17, 15) is 4.79 Å². The van der Waals surface area contributed by atoms with Gasteiger partial charge in [0.25, 0.3) is 0 Å². The smallest absolute Gasteiger partial charge is 0.231 e. The normalized spacial score (nSPS) is 18.1. The van der Waals surface area contributed by atoms with Gasteiger partial charge < -0.3 is 5.32 Å². The molecule has 90 valence electrons. The minimum atomic E-state index is -0.694. The summed E-state index contributed by atoms with van der Waals surface area (Å²) in [6, 6.07) is 2.21. The second-order valence-electron chi connectivity index (χ2n) is 4.22. The molecule has 0 saturated heterocycles. The number of nitrogens with zero attached hydrogens (tertiary/aromatic N) is 2. The first kappa shape index (κ1) is 12.4. The summed E-state index contributed by atoms with van der Waals surface area (Å²) in [6.45, 7) is 1.80. The molecule has 1 aromatic rings. The summed E-state index contributed by atoms with van der Waals surface area (Å²) in [5.41, 5.74) is -0.694. The average Bonchev–Trinajstić information content (AvgIpc) is 3.05. The van der Waals surface area contributed by atoms with Gasteiger partial charge in [0.2, 0.25) is 5.91 Å². The molecule has 1 aliphatic rings. The second-order valence-corrected chi connectivity index (χ2v) is 6.34. The molecule has 0 spiro atoms. The van der Waals surface area contributed by atoms with Crippen LogP contribution in [0.2, 0.25) is 0 Å². The van der Waals surface area contributed by atoms with Crippen molar-refractivity contribution in [3.63, 3.8) is 0 Å². The highest BCUT2D eigenvalue weighted by Crippen LogP contribution is 2.39. The topological polar surface area (TPSA) is 65.8 Å². The Morgan fingerprint density at radius 2 is 2.59 bits per heavy atom. The number of amides is 1. The first-order valence-electron chi connectivity index (χ1n) is 5.38. The van der Waals surface area contributed by atoms with E-state index in [1.807, 2.05) is 5.38 Å². The van der Waals surface area contributed by atoms with Gasteiger partial charge in [0.05, 0.1) is 11.8 Å². The predicted octanol–water partition coefficient (Wildman–Crippen LogP) is 2.04. The molecule has 6 heteroatoms. The Balaban J connectivity index is 1.82. The van der Waals surface area contributed by atoms with E-state index in [4.69, 9.17) is 5.26 Å². The molecule has 2 rings (SSSR count). The average molecular weight is 267 g/mol. The van der Waals surface area contributed by atoms with Crippen LogP contribution in [-0.4, -0.2) is 22.2 Å². The van der Waals surface area contributed by atoms with Crippen LogP contribution < -0.4 is 5.32 Å². The summed E-state index contributed by atoms with van der Waals surface area (Å²) >= 11 is 2.92. The number of thioether (sulfide) groups is 1. The Bertz CT molecular complexity index is 436. The van der Waals surface area contributed by atoms with E-state index in [0.717, 1.165) is 17.2 Å². The van der Waals surface area contributed by atoms with Crippen LogP contribution in [0.15, 0.2) is 15.9 Å². The molecule has 1 atom stereocenters. The number of nitrogens with one attached hydrogen (secondary N) is 1. The monoisotopic (exact) mass is 267 g/mol. The fraction of sp³-hybridized carbons (Fsp3) is 0.545. The van der Waals surface area contributed by atoms with Gasteiger partial charge in [0.1, 0.15) is 9.88 Å². The van der Waals surface area contributed by atoms with Crippen LogP contribution in [-0.2, 0) is 4.79 Å². The number of hydrogen-bond acceptors (Lipinski definition) is 5. The van der Waals surface area contributed by atoms with Crippen molar-refractivity contribution >= 4 is 29.0 Å². The van der Waals surface area contributed by atoms with Crippen molar-refractivity contribution in [3.8, 4) is 6.07 Å². The van der Waals surface area contributed by atoms with Crippen molar-refractivity contribution in [2.75, 3.05) is 5.75 Å². The largest absolute Gasteiger partial charge is 0.337 e. The van der Waals surface area contributed by atoms with Gasteiger partial charge in [-0.25, -0.2) is 4.98 Å². The van der Waals surface area contributed by atoms with Gasteiger partial charge in [-0.05, 0) is 25.7 Å². The predicted molar refractivity (Wildman–Crippen MR) is 67.7 cm³/mol. The second kappa shape index (κ2) is 5.07. The van der Waals surface area contributed by atoms with E-state index in [1.54, 1.807) is 13.1 Å². The molecule has 1 amide bonds. The number of aromatic nitrogens is 1. The molecule has 0 aliphatic heterocycles. The van der Waals surface area contributed by atoms with Crippen LogP contribution >= 0.6 is 23.1 Å². The van der Waals surface area contributed by atoms with Crippen LogP contribution in [0.4, 0.5) is 0 Å². The Morgan fingerprint density at radius 1 is 1.82 bits per heavy atom. The van der Waals surface area contributed by atoms with Gasteiger partial charge in [-0.1, -0.05) is 11.8 Å². The van der Waals surface area contributed by atoms with Crippen molar-refractivity contribution in [2.45, 2.75) is 29.6 Å². The first-order chi connectivity index (χ1) is 8.14. The third-order valence-corrected chi connectivity index (χ3v) is 4.73. The number of carbonyl (C=O) groups excluding carboxylic acids is 1. The molecule has 1 unspecified atom stereocenters. The summed E-state index contributed by atoms with van der Waals surface area (Å²) in [4.78, 5) is 15.8. The highest BCUT2D eigenvalue weighted by atomic mass is 32.2. The van der Waals surface area contributed by atoms with Gasteiger partial charge in [-0.3, -0.25) is 4.79 Å². The lowest BCUT2D eigenvalue weighted by atomic mass is 9.98. The molecule has 0 radical (unpaired) electrons. The quantitative estimate of drug-likeness (QED) is 0.829. The van der Waals surface area contributed by atoms with E-state index in [2.05, 4.69) is 16.4 Å². The summed E-state index contributed by atoms with van der Waals surface area (Å²) in [7, 11) is 0. The van der Waals surface area contributed by atoms with Crippen LogP contribution in [0.25, 0.3) is 0 Å². The van der Waals surface area contributed by atoms with Crippen molar-refractivity contribution < 1.29 is 4.79 Å². The number of carbonyl (C=O) groups is 1. The minimum Gasteiger partial charge on any atom is -0.337 e. The fourth-order valence-corrected chi connectivity index (χ4v) is 3.05. The van der Waals surface area contributed by atoms with Crippen molar-refractivity contribution in [1.82, 2.24) is 10.3 Å². The maximum Gasteiger partial charge on any atom is 0.231 e. The van der Waals surface area contributed by atoms with E-state index in [1.165, 1.54) is 23.1 Å². The summed E-state index contributed by atoms with van der Waals surface area (Å²) in [5.74, 6) is 0.541. The van der Waals surface area contributed by atoms with Crippen LogP contribution in [0.3, 0.4) is 0 Å². The lowest BCUT2D eigenvalue weighted by Crippen LogP contribution is -2.47. The molecule has 0 aromatic carbocycles. The Kier molecular flexibility index (Phi) is 3.69. The van der Waals surface area contributed by atoms with E-state index in [0.29, 0.717) is 11.7 Å². The third-order valence-electron chi connectivity index (χ3n) is 2.76. The maximum absolute atomic E-state index is 11.7. The number of nitriles is 1. The summed E-state index contributed by atoms with van der Waals surface area (Å²) < 4.78 is 0.880. The molecular formula is C11H13N3OS2. The van der Waals surface area contributed by atoms with Crippen molar-refractivity contribution in [1.29, 1.82) is 5.26 Å². The molecule has 4 nitrogen and oxygen atoms in total. The molecule has 1 aliphatic carbocycles. The fourth-order valence-electron chi connectivity index (χ4n) is 1.62. The lowest BCUT2D eigenvalue weighted by Gasteiger charge is -2.22. The molecule has 1 fully saturated rings. The maximum atomic E-state index is 11.7.